The molecule has 28 heavy (non-hydrogen) atoms. The number of ether oxygens (including phenoxy) is 2. The van der Waals surface area contributed by atoms with Gasteiger partial charge in [0.15, 0.2) is 0 Å². The Kier molecular flexibility index (Phi) is 6.34. The number of nitriles is 1. The Hall–Kier alpha value is -2.82. The van der Waals surface area contributed by atoms with Crippen molar-refractivity contribution in [3.63, 3.8) is 0 Å². The standard InChI is InChI=1S/C19H18N4O2.C2H6O/c1-12-8-14(5-7-25-12)23-18(4-6-24)22-17-11-21-16-3-2-13(10-20)9-15(16)19(17)23;1-3-2/h2-3,6,9,11-12,14H,4-5,7-8H2,1H3;1-2H3. The summed E-state index contributed by atoms with van der Waals surface area (Å²) in [6.45, 7) is 2.76. The van der Waals surface area contributed by atoms with Crippen molar-refractivity contribution < 1.29 is 14.3 Å². The number of fused-ring (bicyclic) bond motifs is 3. The molecule has 0 spiro atoms. The van der Waals surface area contributed by atoms with Crippen LogP contribution < -0.4 is 0 Å². The van der Waals surface area contributed by atoms with Crippen molar-refractivity contribution in [1.29, 1.82) is 5.26 Å². The monoisotopic (exact) mass is 380 g/mol. The number of benzene rings is 1. The van der Waals surface area contributed by atoms with Crippen LogP contribution in [0.15, 0.2) is 24.4 Å². The highest BCUT2D eigenvalue weighted by molar-refractivity contribution is 6.03. The quantitative estimate of drug-likeness (QED) is 0.648. The summed E-state index contributed by atoms with van der Waals surface area (Å²) in [6, 6.07) is 7.89. The van der Waals surface area contributed by atoms with Gasteiger partial charge in [-0.1, -0.05) is 0 Å². The first-order chi connectivity index (χ1) is 13.6. The zero-order valence-electron chi connectivity index (χ0n) is 16.4. The van der Waals surface area contributed by atoms with E-state index < -0.39 is 0 Å². The van der Waals surface area contributed by atoms with Crippen molar-refractivity contribution >= 4 is 28.2 Å². The summed E-state index contributed by atoms with van der Waals surface area (Å²) < 4.78 is 12.1. The van der Waals surface area contributed by atoms with Crippen molar-refractivity contribution in [1.82, 2.24) is 14.5 Å². The summed E-state index contributed by atoms with van der Waals surface area (Å²) in [5.74, 6) is 0.751. The fourth-order valence-corrected chi connectivity index (χ4v) is 3.72. The van der Waals surface area contributed by atoms with E-state index in [1.54, 1.807) is 26.5 Å². The molecule has 2 aromatic heterocycles. The highest BCUT2D eigenvalue weighted by Crippen LogP contribution is 2.33. The average molecular weight is 380 g/mol. The lowest BCUT2D eigenvalue weighted by Gasteiger charge is -2.30. The van der Waals surface area contributed by atoms with Crippen LogP contribution in [0.2, 0.25) is 0 Å². The summed E-state index contributed by atoms with van der Waals surface area (Å²) in [4.78, 5) is 20.3. The number of pyridine rings is 1. The first kappa shape index (κ1) is 19.9. The molecule has 1 aromatic carbocycles. The molecular weight excluding hydrogens is 356 g/mol. The highest BCUT2D eigenvalue weighted by atomic mass is 16.5. The van der Waals surface area contributed by atoms with Gasteiger partial charge in [0.2, 0.25) is 0 Å². The van der Waals surface area contributed by atoms with Gasteiger partial charge in [-0.05, 0) is 38.0 Å². The Morgan fingerprint density at radius 3 is 2.86 bits per heavy atom. The molecule has 0 saturated carbocycles. The van der Waals surface area contributed by atoms with Gasteiger partial charge >= 0.3 is 0 Å². The lowest BCUT2D eigenvalue weighted by Crippen LogP contribution is -2.26. The van der Waals surface area contributed by atoms with Crippen molar-refractivity contribution in [2.75, 3.05) is 20.8 Å². The van der Waals surface area contributed by atoms with Gasteiger partial charge in [-0.3, -0.25) is 4.98 Å². The molecule has 3 aromatic rings. The van der Waals surface area contributed by atoms with Gasteiger partial charge in [-0.2, -0.15) is 5.26 Å². The Morgan fingerprint density at radius 2 is 2.18 bits per heavy atom. The smallest absolute Gasteiger partial charge is 0.127 e. The summed E-state index contributed by atoms with van der Waals surface area (Å²) in [5, 5.41) is 10.2. The molecule has 1 fully saturated rings. The second-order valence-corrected chi connectivity index (χ2v) is 6.87. The van der Waals surface area contributed by atoms with E-state index in [1.165, 1.54) is 0 Å². The second kappa shape index (κ2) is 8.91. The van der Waals surface area contributed by atoms with E-state index in [2.05, 4.69) is 32.3 Å². The molecule has 0 aliphatic carbocycles. The fourth-order valence-electron chi connectivity index (χ4n) is 3.72. The van der Waals surface area contributed by atoms with E-state index in [0.29, 0.717) is 12.2 Å². The highest BCUT2D eigenvalue weighted by Gasteiger charge is 2.26. The van der Waals surface area contributed by atoms with Crippen molar-refractivity contribution in [3.8, 4) is 6.07 Å². The van der Waals surface area contributed by atoms with E-state index in [-0.39, 0.29) is 18.6 Å². The van der Waals surface area contributed by atoms with Gasteiger partial charge in [0.1, 0.15) is 17.6 Å². The zero-order valence-corrected chi connectivity index (χ0v) is 16.4. The lowest BCUT2D eigenvalue weighted by atomic mass is 10.0. The number of carbonyl (C=O) groups is 1. The summed E-state index contributed by atoms with van der Waals surface area (Å²) >= 11 is 0. The largest absolute Gasteiger partial charge is 0.388 e. The molecule has 1 aliphatic heterocycles. The van der Waals surface area contributed by atoms with Crippen LogP contribution in [0.5, 0.6) is 0 Å². The van der Waals surface area contributed by atoms with Crippen LogP contribution in [-0.2, 0) is 20.7 Å². The molecule has 7 heteroatoms. The summed E-state index contributed by atoms with van der Waals surface area (Å²) in [5.41, 5.74) is 3.13. The molecule has 2 atom stereocenters. The maximum Gasteiger partial charge on any atom is 0.127 e. The molecule has 7 nitrogen and oxygen atoms in total. The van der Waals surface area contributed by atoms with Crippen molar-refractivity contribution in [3.05, 3.63) is 35.8 Å². The summed E-state index contributed by atoms with van der Waals surface area (Å²) in [7, 11) is 3.25. The first-order valence-electron chi connectivity index (χ1n) is 9.28. The Morgan fingerprint density at radius 1 is 1.39 bits per heavy atom. The van der Waals surface area contributed by atoms with Crippen LogP contribution in [0.25, 0.3) is 21.9 Å². The predicted octanol–water partition coefficient (Wildman–Crippen LogP) is 3.20. The molecule has 2 unspecified atom stereocenters. The first-order valence-corrected chi connectivity index (χ1v) is 9.28. The average Bonchev–Trinajstić information content (AvgIpc) is 3.07. The molecule has 146 valence electrons. The molecule has 0 N–H and O–H groups in total. The van der Waals surface area contributed by atoms with Gasteiger partial charge < -0.3 is 18.8 Å². The Balaban J connectivity index is 0.000000706. The number of hydrogen-bond donors (Lipinski definition) is 0. The number of methoxy groups -OCH3 is 1. The molecule has 0 radical (unpaired) electrons. The maximum absolute atomic E-state index is 11.2. The molecule has 3 heterocycles. The Bertz CT molecular complexity index is 1020. The Labute approximate surface area is 163 Å². The number of rotatable bonds is 3. The van der Waals surface area contributed by atoms with Gasteiger partial charge in [-0.15, -0.1) is 0 Å². The third-order valence-corrected chi connectivity index (χ3v) is 4.81. The van der Waals surface area contributed by atoms with Crippen LogP contribution in [0.1, 0.15) is 37.2 Å². The number of imidazole rings is 1. The third kappa shape index (κ3) is 3.88. The third-order valence-electron chi connectivity index (χ3n) is 4.81. The number of hydrogen-bond acceptors (Lipinski definition) is 6. The topological polar surface area (TPSA) is 90.0 Å². The SMILES string of the molecule is CC1CC(n2c(CC=O)nc3cnc4ccc(C#N)cc4c32)CCO1.COC. The second-order valence-electron chi connectivity index (χ2n) is 6.87. The van der Waals surface area contributed by atoms with E-state index in [0.717, 1.165) is 46.9 Å². The van der Waals surface area contributed by atoms with Crippen molar-refractivity contribution in [2.45, 2.75) is 38.3 Å². The van der Waals surface area contributed by atoms with Crippen LogP contribution >= 0.6 is 0 Å². The molecule has 1 saturated heterocycles. The summed E-state index contributed by atoms with van der Waals surface area (Å²) in [6.07, 6.45) is 4.82. The van der Waals surface area contributed by atoms with Gasteiger partial charge in [0, 0.05) is 32.3 Å². The predicted molar refractivity (Wildman–Crippen MR) is 106 cm³/mol. The van der Waals surface area contributed by atoms with E-state index in [4.69, 9.17) is 4.74 Å². The molecular formula is C21H24N4O3. The van der Waals surface area contributed by atoms with E-state index >= 15 is 0 Å². The normalized spacial score (nSPS) is 19.1. The molecule has 1 aliphatic rings. The minimum atomic E-state index is 0.169. The number of nitrogens with zero attached hydrogens (tertiary/aromatic N) is 4. The maximum atomic E-state index is 11.2. The van der Waals surface area contributed by atoms with E-state index in [1.807, 2.05) is 12.1 Å². The fraction of sp³-hybridized carbons (Fsp3) is 0.429. The van der Waals surface area contributed by atoms with Crippen LogP contribution in [0, 0.1) is 11.3 Å². The molecule has 0 amide bonds. The van der Waals surface area contributed by atoms with Crippen LogP contribution in [0.4, 0.5) is 0 Å². The van der Waals surface area contributed by atoms with Crippen LogP contribution in [-0.4, -0.2) is 47.8 Å². The number of carbonyl (C=O) groups excluding carboxylic acids is 1. The molecule has 4 rings (SSSR count). The van der Waals surface area contributed by atoms with Gasteiger partial charge in [0.25, 0.3) is 0 Å². The number of aldehydes is 1. The number of aromatic nitrogens is 3. The minimum Gasteiger partial charge on any atom is -0.388 e. The van der Waals surface area contributed by atoms with Crippen LogP contribution in [0.3, 0.4) is 0 Å². The van der Waals surface area contributed by atoms with Gasteiger partial charge in [0.05, 0.1) is 41.4 Å². The van der Waals surface area contributed by atoms with Gasteiger partial charge in [-0.25, -0.2) is 4.98 Å². The zero-order chi connectivity index (χ0) is 20.1. The molecule has 0 bridgehead atoms. The minimum absolute atomic E-state index is 0.169. The lowest BCUT2D eigenvalue weighted by molar-refractivity contribution is -0.107. The van der Waals surface area contributed by atoms with Crippen molar-refractivity contribution in [2.24, 2.45) is 0 Å². The van der Waals surface area contributed by atoms with E-state index in [9.17, 15) is 10.1 Å².